The van der Waals surface area contributed by atoms with Crippen LogP contribution in [0.1, 0.15) is 22.3 Å². The maximum Gasteiger partial charge on any atom is 0.282 e. The minimum absolute atomic E-state index is 0.161. The summed E-state index contributed by atoms with van der Waals surface area (Å²) in [5.41, 5.74) is 5.22. The van der Waals surface area contributed by atoms with Gasteiger partial charge in [0.2, 0.25) is 0 Å². The van der Waals surface area contributed by atoms with Gasteiger partial charge in [0.25, 0.3) is 5.56 Å². The molecule has 0 N–H and O–H groups in total. The van der Waals surface area contributed by atoms with Crippen LogP contribution in [0, 0.1) is 13.8 Å². The van der Waals surface area contributed by atoms with Crippen LogP contribution in [0.2, 0.25) is 0 Å². The van der Waals surface area contributed by atoms with Crippen molar-refractivity contribution in [1.29, 1.82) is 0 Å². The molecule has 4 rings (SSSR count). The number of benzene rings is 2. The molecule has 0 bridgehead atoms. The highest BCUT2D eigenvalue weighted by Gasteiger charge is 2.14. The fraction of sp³-hybridized carbons (Fsp3) is 0.182. The van der Waals surface area contributed by atoms with Crippen molar-refractivity contribution in [1.82, 2.24) is 19.5 Å². The van der Waals surface area contributed by atoms with E-state index in [1.807, 2.05) is 31.2 Å². The van der Waals surface area contributed by atoms with Crippen LogP contribution >= 0.6 is 11.8 Å². The van der Waals surface area contributed by atoms with Crippen molar-refractivity contribution in [3.8, 4) is 0 Å². The number of aromatic nitrogens is 4. The van der Waals surface area contributed by atoms with Crippen molar-refractivity contribution in [2.45, 2.75) is 31.3 Å². The number of thioether (sulfide) groups is 1. The maximum atomic E-state index is 13.1. The van der Waals surface area contributed by atoms with Gasteiger partial charge >= 0.3 is 0 Å². The van der Waals surface area contributed by atoms with Gasteiger partial charge in [-0.1, -0.05) is 65.9 Å². The molecule has 0 amide bonds. The fourth-order valence-electron chi connectivity index (χ4n) is 2.97. The van der Waals surface area contributed by atoms with Gasteiger partial charge in [0, 0.05) is 18.1 Å². The molecule has 0 aliphatic carbocycles. The van der Waals surface area contributed by atoms with Crippen LogP contribution in [0.25, 0.3) is 11.2 Å². The Kier molecular flexibility index (Phi) is 5.21. The van der Waals surface area contributed by atoms with E-state index in [0.717, 1.165) is 11.3 Å². The van der Waals surface area contributed by atoms with E-state index in [9.17, 15) is 4.79 Å². The smallest absolute Gasteiger partial charge is 0.281 e. The number of fused-ring (bicyclic) bond motifs is 1. The molecule has 0 aliphatic rings. The summed E-state index contributed by atoms with van der Waals surface area (Å²) in [4.78, 5) is 26.2. The lowest BCUT2D eigenvalue weighted by Crippen LogP contribution is -2.25. The molecule has 4 aromatic rings. The number of aryl methyl sites for hydroxylation is 2. The van der Waals surface area contributed by atoms with Crippen molar-refractivity contribution >= 4 is 22.9 Å². The predicted molar refractivity (Wildman–Crippen MR) is 113 cm³/mol. The van der Waals surface area contributed by atoms with E-state index in [-0.39, 0.29) is 5.56 Å². The van der Waals surface area contributed by atoms with E-state index < -0.39 is 0 Å². The third-order valence-electron chi connectivity index (χ3n) is 4.64. The number of hydrogen-bond donors (Lipinski definition) is 0. The number of rotatable bonds is 5. The Morgan fingerprint density at radius 3 is 2.50 bits per heavy atom. The van der Waals surface area contributed by atoms with Crippen LogP contribution in [-0.2, 0) is 12.3 Å². The monoisotopic (exact) mass is 388 g/mol. The summed E-state index contributed by atoms with van der Waals surface area (Å²) in [6.07, 6.45) is 3.09. The quantitative estimate of drug-likeness (QED) is 0.380. The SMILES string of the molecule is Cc1ccc(Cn2c(SCc3ccccc3C)nc3nccnc3c2=O)cc1. The lowest BCUT2D eigenvalue weighted by Gasteiger charge is -2.13. The van der Waals surface area contributed by atoms with Crippen LogP contribution in [-0.4, -0.2) is 19.5 Å². The highest BCUT2D eigenvalue weighted by molar-refractivity contribution is 7.98. The van der Waals surface area contributed by atoms with Gasteiger partial charge in [0.15, 0.2) is 16.3 Å². The van der Waals surface area contributed by atoms with Gasteiger partial charge in [-0.15, -0.1) is 0 Å². The van der Waals surface area contributed by atoms with Crippen LogP contribution in [0.3, 0.4) is 0 Å². The lowest BCUT2D eigenvalue weighted by molar-refractivity contribution is 0.654. The first-order valence-corrected chi connectivity index (χ1v) is 10.0. The second kappa shape index (κ2) is 7.94. The Morgan fingerprint density at radius 1 is 0.964 bits per heavy atom. The van der Waals surface area contributed by atoms with Gasteiger partial charge in [0.1, 0.15) is 0 Å². The van der Waals surface area contributed by atoms with E-state index in [2.05, 4.69) is 46.1 Å². The van der Waals surface area contributed by atoms with E-state index >= 15 is 0 Å². The first-order chi connectivity index (χ1) is 13.6. The summed E-state index contributed by atoms with van der Waals surface area (Å²) in [7, 11) is 0. The van der Waals surface area contributed by atoms with Crippen molar-refractivity contribution in [3.63, 3.8) is 0 Å². The molecule has 0 radical (unpaired) electrons. The minimum Gasteiger partial charge on any atom is -0.281 e. The first-order valence-electron chi connectivity index (χ1n) is 9.06. The minimum atomic E-state index is -0.161. The zero-order valence-electron chi connectivity index (χ0n) is 15.8. The van der Waals surface area contributed by atoms with E-state index in [1.54, 1.807) is 22.5 Å². The topological polar surface area (TPSA) is 60.7 Å². The summed E-state index contributed by atoms with van der Waals surface area (Å²) in [5, 5.41) is 0.654. The van der Waals surface area contributed by atoms with Crippen LogP contribution in [0.5, 0.6) is 0 Å². The summed E-state index contributed by atoms with van der Waals surface area (Å²) in [6, 6.07) is 16.4. The zero-order chi connectivity index (χ0) is 19.5. The normalized spacial score (nSPS) is 11.1. The first kappa shape index (κ1) is 18.4. The predicted octanol–water partition coefficient (Wildman–Crippen LogP) is 4.14. The Hall–Kier alpha value is -2.99. The zero-order valence-corrected chi connectivity index (χ0v) is 16.6. The molecular formula is C22H20N4OS. The van der Waals surface area contributed by atoms with Gasteiger partial charge in [-0.2, -0.15) is 0 Å². The maximum absolute atomic E-state index is 13.1. The molecule has 0 aliphatic heterocycles. The van der Waals surface area contributed by atoms with E-state index in [4.69, 9.17) is 0 Å². The molecule has 2 aromatic heterocycles. The Bertz CT molecular complexity index is 1190. The number of nitrogens with zero attached hydrogens (tertiary/aromatic N) is 4. The third kappa shape index (κ3) is 3.82. The third-order valence-corrected chi connectivity index (χ3v) is 5.66. The van der Waals surface area contributed by atoms with Gasteiger partial charge in [-0.3, -0.25) is 9.36 Å². The molecule has 0 spiro atoms. The molecule has 0 saturated heterocycles. The van der Waals surface area contributed by atoms with Gasteiger partial charge in [0.05, 0.1) is 6.54 Å². The summed E-state index contributed by atoms with van der Waals surface area (Å²) < 4.78 is 1.70. The van der Waals surface area contributed by atoms with Crippen LogP contribution in [0.4, 0.5) is 0 Å². The van der Waals surface area contributed by atoms with Crippen molar-refractivity contribution in [2.24, 2.45) is 0 Å². The molecule has 2 aromatic carbocycles. The van der Waals surface area contributed by atoms with Gasteiger partial charge in [-0.25, -0.2) is 15.0 Å². The average Bonchev–Trinajstić information content (AvgIpc) is 2.71. The van der Waals surface area contributed by atoms with E-state index in [0.29, 0.717) is 22.9 Å². The molecule has 28 heavy (non-hydrogen) atoms. The average molecular weight is 388 g/mol. The second-order valence-corrected chi connectivity index (χ2v) is 7.66. The fourth-order valence-corrected chi connectivity index (χ4v) is 4.03. The van der Waals surface area contributed by atoms with Crippen LogP contribution < -0.4 is 5.56 Å². The molecule has 0 fully saturated rings. The van der Waals surface area contributed by atoms with Crippen molar-refractivity contribution in [2.75, 3.05) is 0 Å². The van der Waals surface area contributed by atoms with Crippen molar-refractivity contribution < 1.29 is 0 Å². The highest BCUT2D eigenvalue weighted by Crippen LogP contribution is 2.23. The molecule has 0 unspecified atom stereocenters. The molecule has 6 heteroatoms. The van der Waals surface area contributed by atoms with Gasteiger partial charge < -0.3 is 0 Å². The molecule has 0 atom stereocenters. The Balaban J connectivity index is 1.75. The molecule has 0 saturated carbocycles. The summed E-state index contributed by atoms with van der Waals surface area (Å²) >= 11 is 1.55. The summed E-state index contributed by atoms with van der Waals surface area (Å²) in [5.74, 6) is 0.735. The highest BCUT2D eigenvalue weighted by atomic mass is 32.2. The Labute approximate surface area is 167 Å². The standard InChI is InChI=1S/C22H20N4OS/c1-15-7-9-17(10-8-15)13-26-21(27)19-20(24-12-11-23-19)25-22(26)28-14-18-6-4-3-5-16(18)2/h3-12H,13-14H2,1-2H3. The molecular weight excluding hydrogens is 368 g/mol. The largest absolute Gasteiger partial charge is 0.282 e. The van der Waals surface area contributed by atoms with E-state index in [1.165, 1.54) is 22.9 Å². The summed E-state index contributed by atoms with van der Waals surface area (Å²) in [6.45, 7) is 4.59. The molecule has 140 valence electrons. The number of hydrogen-bond acceptors (Lipinski definition) is 5. The molecule has 2 heterocycles. The van der Waals surface area contributed by atoms with Gasteiger partial charge in [-0.05, 0) is 30.5 Å². The second-order valence-electron chi connectivity index (χ2n) is 6.71. The van der Waals surface area contributed by atoms with Crippen molar-refractivity contribution in [3.05, 3.63) is 93.5 Å². The lowest BCUT2D eigenvalue weighted by atomic mass is 10.1. The molecule has 5 nitrogen and oxygen atoms in total. The van der Waals surface area contributed by atoms with Crippen LogP contribution in [0.15, 0.2) is 70.9 Å². The Morgan fingerprint density at radius 2 is 1.71 bits per heavy atom.